The van der Waals surface area contributed by atoms with Crippen LogP contribution in [0.15, 0.2) is 23.3 Å². The average molecular weight is 228 g/mol. The number of aromatic nitrogens is 2. The predicted octanol–water partition coefficient (Wildman–Crippen LogP) is 1.87. The molecule has 0 spiro atoms. The van der Waals surface area contributed by atoms with Crippen molar-refractivity contribution in [1.82, 2.24) is 9.97 Å². The number of H-pyrrole nitrogens is 1. The van der Waals surface area contributed by atoms with Crippen LogP contribution < -0.4 is 5.84 Å². The summed E-state index contributed by atoms with van der Waals surface area (Å²) in [4.78, 5) is 5.67. The minimum Gasteiger partial charge on any atom is -0.334 e. The van der Waals surface area contributed by atoms with Crippen molar-refractivity contribution in [2.75, 3.05) is 0 Å². The molecule has 2 rings (SSSR count). The van der Waals surface area contributed by atoms with E-state index in [9.17, 15) is 13.2 Å². The van der Waals surface area contributed by atoms with Crippen LogP contribution in [0.5, 0.6) is 0 Å². The van der Waals surface area contributed by atoms with Gasteiger partial charge in [0.05, 0.1) is 17.2 Å². The zero-order valence-corrected chi connectivity index (χ0v) is 7.92. The van der Waals surface area contributed by atoms with Crippen LogP contribution in [0.2, 0.25) is 0 Å². The number of hydrogen-bond acceptors (Lipinski definition) is 3. The van der Waals surface area contributed by atoms with Crippen molar-refractivity contribution in [3.8, 4) is 0 Å². The van der Waals surface area contributed by atoms with Crippen molar-refractivity contribution >= 4 is 17.2 Å². The Morgan fingerprint density at radius 3 is 2.75 bits per heavy atom. The molecule has 0 atom stereocenters. The minimum atomic E-state index is -4.49. The highest BCUT2D eigenvalue weighted by atomic mass is 19.4. The first kappa shape index (κ1) is 10.5. The van der Waals surface area contributed by atoms with Crippen molar-refractivity contribution in [1.29, 1.82) is 0 Å². The van der Waals surface area contributed by atoms with E-state index < -0.39 is 12.0 Å². The number of alkyl halides is 3. The van der Waals surface area contributed by atoms with Gasteiger partial charge in [0.15, 0.2) is 0 Å². The third-order valence-corrected chi connectivity index (χ3v) is 2.03. The number of hydrogen-bond donors (Lipinski definition) is 2. The number of aromatic amines is 1. The molecule has 2 aromatic rings. The molecule has 0 bridgehead atoms. The van der Waals surface area contributed by atoms with Gasteiger partial charge in [-0.25, -0.2) is 4.98 Å². The van der Waals surface area contributed by atoms with Crippen molar-refractivity contribution < 1.29 is 13.2 Å². The normalized spacial score (nSPS) is 12.7. The van der Waals surface area contributed by atoms with Crippen LogP contribution in [0.4, 0.5) is 13.2 Å². The maximum absolute atomic E-state index is 12.4. The summed E-state index contributed by atoms with van der Waals surface area (Å²) >= 11 is 0. The summed E-state index contributed by atoms with van der Waals surface area (Å²) in [5.74, 6) is 3.93. The van der Waals surface area contributed by atoms with E-state index in [1.54, 1.807) is 12.1 Å². The Morgan fingerprint density at radius 2 is 2.12 bits per heavy atom. The van der Waals surface area contributed by atoms with E-state index in [0.717, 1.165) is 0 Å². The lowest BCUT2D eigenvalue weighted by molar-refractivity contribution is -0.144. The quantitative estimate of drug-likeness (QED) is 0.444. The summed E-state index contributed by atoms with van der Waals surface area (Å²) < 4.78 is 37.2. The lowest BCUT2D eigenvalue weighted by atomic mass is 10.2. The summed E-state index contributed by atoms with van der Waals surface area (Å²) in [5, 5.41) is 3.27. The number of nitrogens with one attached hydrogen (secondary N) is 1. The number of rotatable bonds is 1. The topological polar surface area (TPSA) is 67.1 Å². The Labute approximate surface area is 88.0 Å². The predicted molar refractivity (Wildman–Crippen MR) is 52.9 cm³/mol. The van der Waals surface area contributed by atoms with Gasteiger partial charge in [0.25, 0.3) is 0 Å². The van der Waals surface area contributed by atoms with Gasteiger partial charge >= 0.3 is 6.18 Å². The average Bonchev–Trinajstić information content (AvgIpc) is 2.62. The highest BCUT2D eigenvalue weighted by molar-refractivity contribution is 5.96. The van der Waals surface area contributed by atoms with Crippen LogP contribution >= 0.6 is 0 Å². The molecule has 1 aromatic carbocycles. The molecular weight excluding hydrogens is 221 g/mol. The molecule has 0 aliphatic heterocycles. The summed E-state index contributed by atoms with van der Waals surface area (Å²) in [6.45, 7) is 0. The monoisotopic (exact) mass is 228 g/mol. The van der Waals surface area contributed by atoms with E-state index in [-0.39, 0.29) is 5.52 Å². The van der Waals surface area contributed by atoms with Crippen molar-refractivity contribution in [2.45, 2.75) is 6.18 Å². The molecule has 1 heterocycles. The van der Waals surface area contributed by atoms with Gasteiger partial charge in [0, 0.05) is 5.56 Å². The maximum atomic E-state index is 12.4. The summed E-state index contributed by atoms with van der Waals surface area (Å²) in [7, 11) is 0. The Bertz CT molecular complexity index is 541. The Balaban J connectivity index is 2.66. The molecule has 7 heteroatoms. The molecule has 0 amide bonds. The van der Waals surface area contributed by atoms with Gasteiger partial charge in [0.2, 0.25) is 5.82 Å². The first-order valence-corrected chi connectivity index (χ1v) is 4.31. The number of nitrogens with zero attached hydrogens (tertiary/aromatic N) is 2. The number of halogens is 3. The van der Waals surface area contributed by atoms with Crippen LogP contribution in [0, 0.1) is 0 Å². The zero-order chi connectivity index (χ0) is 11.8. The molecule has 84 valence electrons. The fourth-order valence-corrected chi connectivity index (χ4v) is 1.37. The van der Waals surface area contributed by atoms with Crippen LogP contribution in [-0.4, -0.2) is 16.2 Å². The Hall–Kier alpha value is -2.05. The van der Waals surface area contributed by atoms with Crippen LogP contribution in [0.1, 0.15) is 11.4 Å². The lowest BCUT2D eigenvalue weighted by Crippen LogP contribution is -2.06. The fourth-order valence-electron chi connectivity index (χ4n) is 1.37. The molecule has 16 heavy (non-hydrogen) atoms. The molecule has 0 unspecified atom stereocenters. The molecule has 0 aliphatic rings. The van der Waals surface area contributed by atoms with Crippen molar-refractivity contribution in [3.05, 3.63) is 29.6 Å². The highest BCUT2D eigenvalue weighted by Gasteiger charge is 2.34. The smallest absolute Gasteiger partial charge is 0.334 e. The van der Waals surface area contributed by atoms with Gasteiger partial charge in [-0.1, -0.05) is 12.1 Å². The number of hydrazone groups is 1. The second kappa shape index (κ2) is 3.51. The van der Waals surface area contributed by atoms with Crippen LogP contribution in [0.25, 0.3) is 11.0 Å². The lowest BCUT2D eigenvalue weighted by Gasteiger charge is -1.99. The largest absolute Gasteiger partial charge is 0.449 e. The van der Waals surface area contributed by atoms with Crippen molar-refractivity contribution in [3.63, 3.8) is 0 Å². The van der Waals surface area contributed by atoms with E-state index in [1.807, 2.05) is 0 Å². The molecule has 0 saturated carbocycles. The molecule has 4 nitrogen and oxygen atoms in total. The highest BCUT2D eigenvalue weighted by Crippen LogP contribution is 2.29. The Kier molecular flexibility index (Phi) is 2.30. The standard InChI is InChI=1S/C9H7F3N4/c10-9(11,12)8-15-6-3-1-2-5(4-14-13)7(6)16-8/h1-4H,13H2,(H,15,16). The number of benzene rings is 1. The second-order valence-corrected chi connectivity index (χ2v) is 3.10. The second-order valence-electron chi connectivity index (χ2n) is 3.10. The van der Waals surface area contributed by atoms with E-state index in [0.29, 0.717) is 11.1 Å². The number of imidazole rings is 1. The number of para-hydroxylation sites is 1. The van der Waals surface area contributed by atoms with Gasteiger partial charge < -0.3 is 10.8 Å². The van der Waals surface area contributed by atoms with Gasteiger partial charge in [-0.2, -0.15) is 18.3 Å². The fraction of sp³-hybridized carbons (Fsp3) is 0.111. The SMILES string of the molecule is NN=Cc1cccc2[nH]c(C(F)(F)F)nc12. The number of fused-ring (bicyclic) bond motifs is 1. The van der Waals surface area contributed by atoms with E-state index in [1.165, 1.54) is 12.3 Å². The Morgan fingerprint density at radius 1 is 1.38 bits per heavy atom. The molecule has 0 radical (unpaired) electrons. The van der Waals surface area contributed by atoms with E-state index >= 15 is 0 Å². The first-order chi connectivity index (χ1) is 7.52. The third kappa shape index (κ3) is 1.71. The van der Waals surface area contributed by atoms with Gasteiger partial charge in [0.1, 0.15) is 0 Å². The van der Waals surface area contributed by atoms with Gasteiger partial charge in [-0.3, -0.25) is 0 Å². The summed E-state index contributed by atoms with van der Waals surface area (Å²) in [6, 6.07) is 4.68. The summed E-state index contributed by atoms with van der Waals surface area (Å²) in [5.41, 5.74) is 0.931. The molecule has 0 aliphatic carbocycles. The van der Waals surface area contributed by atoms with Gasteiger partial charge in [-0.05, 0) is 6.07 Å². The van der Waals surface area contributed by atoms with E-state index in [2.05, 4.69) is 15.1 Å². The maximum Gasteiger partial charge on any atom is 0.449 e. The summed E-state index contributed by atoms with van der Waals surface area (Å²) in [6.07, 6.45) is -3.24. The molecule has 3 N–H and O–H groups in total. The first-order valence-electron chi connectivity index (χ1n) is 4.31. The minimum absolute atomic E-state index is 0.198. The third-order valence-electron chi connectivity index (χ3n) is 2.03. The van der Waals surface area contributed by atoms with Crippen LogP contribution in [0.3, 0.4) is 0 Å². The van der Waals surface area contributed by atoms with E-state index in [4.69, 9.17) is 5.84 Å². The molecule has 1 aromatic heterocycles. The number of nitrogens with two attached hydrogens (primary N) is 1. The van der Waals surface area contributed by atoms with Gasteiger partial charge in [-0.15, -0.1) is 0 Å². The molecule has 0 fully saturated rings. The van der Waals surface area contributed by atoms with Crippen LogP contribution in [-0.2, 0) is 6.18 Å². The molecular formula is C9H7F3N4. The van der Waals surface area contributed by atoms with Crippen molar-refractivity contribution in [2.24, 2.45) is 10.9 Å². The molecule has 0 saturated heterocycles. The zero-order valence-electron chi connectivity index (χ0n) is 7.92.